The highest BCUT2D eigenvalue weighted by molar-refractivity contribution is 7.46. The zero-order valence-electron chi connectivity index (χ0n) is 11.5. The van der Waals surface area contributed by atoms with E-state index in [0.29, 0.717) is 0 Å². The van der Waals surface area contributed by atoms with Gasteiger partial charge in [0.15, 0.2) is 0 Å². The second-order valence-corrected chi connectivity index (χ2v) is 5.75. The Labute approximate surface area is 122 Å². The Balaban J connectivity index is 2.26. The maximum Gasteiger partial charge on any atom is -0.00311 e. The first-order valence-corrected chi connectivity index (χ1v) is 8.32. The Morgan fingerprint density at radius 1 is 0.600 bits per heavy atom. The molecule has 3 aromatic carbocycles. The van der Waals surface area contributed by atoms with Crippen molar-refractivity contribution in [2.45, 2.75) is 0 Å². The minimum Gasteiger partial charge on any atom is -0.0929 e. The van der Waals surface area contributed by atoms with Crippen LogP contribution in [0, 0.1) is 0 Å². The van der Waals surface area contributed by atoms with Crippen LogP contribution < -0.4 is 5.30 Å². The van der Waals surface area contributed by atoms with Crippen molar-refractivity contribution in [2.24, 2.45) is 0 Å². The van der Waals surface area contributed by atoms with Gasteiger partial charge in [-0.05, 0) is 34.2 Å². The molecule has 0 fully saturated rings. The molecule has 0 saturated carbocycles. The SMILES string of the molecule is CPc1cccc(-c2ccccc2)c1-c1ccccc1. The zero-order valence-corrected chi connectivity index (χ0v) is 12.5. The van der Waals surface area contributed by atoms with Gasteiger partial charge in [-0.2, -0.15) is 0 Å². The van der Waals surface area contributed by atoms with Gasteiger partial charge in [0.05, 0.1) is 0 Å². The van der Waals surface area contributed by atoms with Gasteiger partial charge in [0.1, 0.15) is 0 Å². The van der Waals surface area contributed by atoms with E-state index in [9.17, 15) is 0 Å². The number of hydrogen-bond acceptors (Lipinski definition) is 0. The summed E-state index contributed by atoms with van der Waals surface area (Å²) in [6.07, 6.45) is 0. The molecular formula is C19H17P. The first kappa shape index (κ1) is 13.1. The molecule has 0 radical (unpaired) electrons. The average molecular weight is 276 g/mol. The van der Waals surface area contributed by atoms with E-state index in [4.69, 9.17) is 0 Å². The van der Waals surface area contributed by atoms with Crippen LogP contribution in [-0.2, 0) is 0 Å². The smallest absolute Gasteiger partial charge is 0.00311 e. The maximum absolute atomic E-state index is 2.25. The van der Waals surface area contributed by atoms with Gasteiger partial charge < -0.3 is 0 Å². The van der Waals surface area contributed by atoms with Crippen LogP contribution >= 0.6 is 8.58 Å². The van der Waals surface area contributed by atoms with Crippen molar-refractivity contribution < 1.29 is 0 Å². The van der Waals surface area contributed by atoms with Crippen LogP contribution in [0.2, 0.25) is 0 Å². The molecular weight excluding hydrogens is 259 g/mol. The fraction of sp³-hybridized carbons (Fsp3) is 0.0526. The minimum absolute atomic E-state index is 0.796. The molecule has 20 heavy (non-hydrogen) atoms. The summed E-state index contributed by atoms with van der Waals surface area (Å²) in [5, 5.41) is 1.43. The van der Waals surface area contributed by atoms with Gasteiger partial charge in [-0.25, -0.2) is 0 Å². The lowest BCUT2D eigenvalue weighted by Crippen LogP contribution is -2.01. The molecule has 0 N–H and O–H groups in total. The topological polar surface area (TPSA) is 0 Å². The van der Waals surface area contributed by atoms with Gasteiger partial charge in [-0.1, -0.05) is 87.4 Å². The highest BCUT2D eigenvalue weighted by Gasteiger charge is 2.10. The first-order valence-electron chi connectivity index (χ1n) is 6.82. The van der Waals surface area contributed by atoms with Crippen LogP contribution in [0.1, 0.15) is 0 Å². The normalized spacial score (nSPS) is 11.1. The summed E-state index contributed by atoms with van der Waals surface area (Å²) >= 11 is 0. The third-order valence-electron chi connectivity index (χ3n) is 3.48. The Hall–Kier alpha value is -1.91. The predicted octanol–water partition coefficient (Wildman–Crippen LogP) is 4.95. The standard InChI is InChI=1S/C19H17P/c1-20-18-14-8-13-17(15-9-4-2-5-10-15)19(18)16-11-6-3-7-12-16/h2-14,20H,1H3. The molecule has 0 aliphatic heterocycles. The summed E-state index contributed by atoms with van der Waals surface area (Å²) in [5.74, 6) is 0. The minimum atomic E-state index is 0.796. The molecule has 3 aromatic rings. The highest BCUT2D eigenvalue weighted by atomic mass is 31.1. The molecule has 1 atom stereocenters. The predicted molar refractivity (Wildman–Crippen MR) is 91.2 cm³/mol. The second-order valence-electron chi connectivity index (χ2n) is 4.71. The van der Waals surface area contributed by atoms with Gasteiger partial charge in [-0.15, -0.1) is 0 Å². The van der Waals surface area contributed by atoms with Crippen molar-refractivity contribution >= 4 is 13.9 Å². The second kappa shape index (κ2) is 6.03. The Kier molecular flexibility index (Phi) is 3.95. The van der Waals surface area contributed by atoms with E-state index in [2.05, 4.69) is 85.5 Å². The molecule has 0 amide bonds. The molecule has 1 heteroatoms. The van der Waals surface area contributed by atoms with Crippen molar-refractivity contribution in [2.75, 3.05) is 6.66 Å². The van der Waals surface area contributed by atoms with Crippen LogP contribution in [0.4, 0.5) is 0 Å². The van der Waals surface area contributed by atoms with Crippen LogP contribution in [0.15, 0.2) is 78.9 Å². The van der Waals surface area contributed by atoms with Crippen LogP contribution in [0.25, 0.3) is 22.3 Å². The van der Waals surface area contributed by atoms with E-state index >= 15 is 0 Å². The molecule has 0 aromatic heterocycles. The summed E-state index contributed by atoms with van der Waals surface area (Å²) in [4.78, 5) is 0. The summed E-state index contributed by atoms with van der Waals surface area (Å²) in [6, 6.07) is 28.0. The molecule has 0 nitrogen and oxygen atoms in total. The van der Waals surface area contributed by atoms with Crippen LogP contribution in [-0.4, -0.2) is 6.66 Å². The van der Waals surface area contributed by atoms with Crippen molar-refractivity contribution in [1.29, 1.82) is 0 Å². The van der Waals surface area contributed by atoms with Gasteiger partial charge in [0.2, 0.25) is 0 Å². The fourth-order valence-electron chi connectivity index (χ4n) is 2.53. The van der Waals surface area contributed by atoms with Crippen molar-refractivity contribution in [3.63, 3.8) is 0 Å². The van der Waals surface area contributed by atoms with Crippen molar-refractivity contribution in [1.82, 2.24) is 0 Å². The summed E-state index contributed by atoms with van der Waals surface area (Å²) in [5.41, 5.74) is 5.28. The number of benzene rings is 3. The first-order chi connectivity index (χ1) is 9.90. The van der Waals surface area contributed by atoms with Crippen LogP contribution in [0.3, 0.4) is 0 Å². The van der Waals surface area contributed by atoms with E-state index in [1.165, 1.54) is 27.6 Å². The molecule has 0 aliphatic rings. The fourth-order valence-corrected chi connectivity index (χ4v) is 3.33. The lowest BCUT2D eigenvalue weighted by Gasteiger charge is -2.14. The van der Waals surface area contributed by atoms with Gasteiger partial charge >= 0.3 is 0 Å². The quantitative estimate of drug-likeness (QED) is 0.593. The van der Waals surface area contributed by atoms with E-state index in [1.54, 1.807) is 0 Å². The van der Waals surface area contributed by atoms with Gasteiger partial charge in [0, 0.05) is 0 Å². The molecule has 0 aliphatic carbocycles. The Morgan fingerprint density at radius 2 is 1.20 bits per heavy atom. The maximum atomic E-state index is 2.25. The number of hydrogen-bond donors (Lipinski definition) is 0. The summed E-state index contributed by atoms with van der Waals surface area (Å²) < 4.78 is 0. The molecule has 0 spiro atoms. The monoisotopic (exact) mass is 276 g/mol. The Morgan fingerprint density at radius 3 is 1.80 bits per heavy atom. The molecule has 3 rings (SSSR count). The number of rotatable bonds is 3. The highest BCUT2D eigenvalue weighted by Crippen LogP contribution is 2.32. The van der Waals surface area contributed by atoms with Gasteiger partial charge in [0.25, 0.3) is 0 Å². The average Bonchev–Trinajstić information content (AvgIpc) is 2.55. The van der Waals surface area contributed by atoms with E-state index in [1.807, 2.05) is 0 Å². The third kappa shape index (κ3) is 2.53. The van der Waals surface area contributed by atoms with Crippen molar-refractivity contribution in [3.05, 3.63) is 78.9 Å². The molecule has 98 valence electrons. The lowest BCUT2D eigenvalue weighted by atomic mass is 9.94. The molecule has 0 heterocycles. The zero-order chi connectivity index (χ0) is 13.8. The van der Waals surface area contributed by atoms with Crippen LogP contribution in [0.5, 0.6) is 0 Å². The van der Waals surface area contributed by atoms with E-state index in [0.717, 1.165) is 8.58 Å². The van der Waals surface area contributed by atoms with Crippen molar-refractivity contribution in [3.8, 4) is 22.3 Å². The van der Waals surface area contributed by atoms with E-state index in [-0.39, 0.29) is 0 Å². The van der Waals surface area contributed by atoms with Gasteiger partial charge in [-0.3, -0.25) is 0 Å². The molecule has 0 saturated heterocycles. The Bertz CT molecular complexity index is 687. The summed E-state index contributed by atoms with van der Waals surface area (Å²) in [7, 11) is 0.796. The molecule has 1 unspecified atom stereocenters. The van der Waals surface area contributed by atoms with E-state index < -0.39 is 0 Å². The summed E-state index contributed by atoms with van der Waals surface area (Å²) in [6.45, 7) is 2.25. The molecule has 0 bridgehead atoms. The largest absolute Gasteiger partial charge is 0.0929 e. The lowest BCUT2D eigenvalue weighted by molar-refractivity contribution is 1.60. The third-order valence-corrected chi connectivity index (χ3v) is 4.44.